The van der Waals surface area contributed by atoms with Gasteiger partial charge in [-0.3, -0.25) is 9.59 Å². The fourth-order valence-corrected chi connectivity index (χ4v) is 2.36. The molecule has 0 aliphatic rings. The van der Waals surface area contributed by atoms with E-state index >= 15 is 0 Å². The van der Waals surface area contributed by atoms with Gasteiger partial charge in [0.1, 0.15) is 11.6 Å². The molecule has 25 heavy (non-hydrogen) atoms. The van der Waals surface area contributed by atoms with E-state index in [2.05, 4.69) is 5.32 Å². The van der Waals surface area contributed by atoms with E-state index in [-0.39, 0.29) is 36.4 Å². The molecule has 0 heterocycles. The van der Waals surface area contributed by atoms with Crippen molar-refractivity contribution >= 4 is 11.8 Å². The third-order valence-corrected chi connectivity index (χ3v) is 3.74. The highest BCUT2D eigenvalue weighted by atomic mass is 19.1. The zero-order chi connectivity index (χ0) is 18.4. The Balaban J connectivity index is 1.88. The molecule has 2 rings (SSSR count). The number of nitrogens with one attached hydrogen (secondary N) is 1. The van der Waals surface area contributed by atoms with Crippen molar-refractivity contribution in [2.75, 3.05) is 7.05 Å². The fourth-order valence-electron chi connectivity index (χ4n) is 2.36. The van der Waals surface area contributed by atoms with Gasteiger partial charge in [0.05, 0.1) is 0 Å². The van der Waals surface area contributed by atoms with E-state index in [1.54, 1.807) is 31.2 Å². The molecule has 0 saturated heterocycles. The Morgan fingerprint density at radius 3 is 2.44 bits per heavy atom. The molecule has 1 unspecified atom stereocenters. The molecule has 0 radical (unpaired) electrons. The summed E-state index contributed by atoms with van der Waals surface area (Å²) >= 11 is 0. The summed E-state index contributed by atoms with van der Waals surface area (Å²) < 4.78 is 26.6. The summed E-state index contributed by atoms with van der Waals surface area (Å²) in [5.41, 5.74) is 0.752. The molecule has 4 nitrogen and oxygen atoms in total. The number of hydrogen-bond donors (Lipinski definition) is 1. The molecule has 2 aromatic carbocycles. The smallest absolute Gasteiger partial charge is 0.251 e. The largest absolute Gasteiger partial charge is 0.349 e. The highest BCUT2D eigenvalue weighted by Crippen LogP contribution is 2.12. The number of amides is 2. The van der Waals surface area contributed by atoms with Crippen LogP contribution in [0.5, 0.6) is 0 Å². The third kappa shape index (κ3) is 5.38. The van der Waals surface area contributed by atoms with Crippen LogP contribution in [0.1, 0.15) is 29.3 Å². The molecule has 1 N–H and O–H groups in total. The van der Waals surface area contributed by atoms with E-state index < -0.39 is 11.6 Å². The van der Waals surface area contributed by atoms with Crippen molar-refractivity contribution in [1.82, 2.24) is 10.2 Å². The van der Waals surface area contributed by atoms with Crippen LogP contribution < -0.4 is 5.32 Å². The predicted octanol–water partition coefficient (Wildman–Crippen LogP) is 3.13. The van der Waals surface area contributed by atoms with Crippen LogP contribution in [0.15, 0.2) is 48.5 Å². The molecular weight excluding hydrogens is 326 g/mol. The maximum absolute atomic E-state index is 13.7. The number of carbonyl (C=O) groups is 2. The van der Waals surface area contributed by atoms with Crippen LogP contribution in [0.25, 0.3) is 0 Å². The molecule has 0 bridgehead atoms. The highest BCUT2D eigenvalue weighted by molar-refractivity contribution is 5.94. The van der Waals surface area contributed by atoms with Crippen molar-refractivity contribution in [3.63, 3.8) is 0 Å². The highest BCUT2D eigenvalue weighted by Gasteiger charge is 2.17. The van der Waals surface area contributed by atoms with Crippen molar-refractivity contribution < 1.29 is 18.4 Å². The second kappa shape index (κ2) is 8.37. The van der Waals surface area contributed by atoms with E-state index in [4.69, 9.17) is 0 Å². The normalized spacial score (nSPS) is 11.7. The van der Waals surface area contributed by atoms with E-state index in [0.29, 0.717) is 5.56 Å². The first-order valence-electron chi connectivity index (χ1n) is 7.90. The maximum atomic E-state index is 13.7. The average Bonchev–Trinajstić information content (AvgIpc) is 2.57. The molecule has 6 heteroatoms. The van der Waals surface area contributed by atoms with Crippen molar-refractivity contribution in [2.24, 2.45) is 0 Å². The third-order valence-electron chi connectivity index (χ3n) is 3.74. The molecule has 2 amide bonds. The maximum Gasteiger partial charge on any atom is 0.251 e. The van der Waals surface area contributed by atoms with Crippen molar-refractivity contribution in [2.45, 2.75) is 25.9 Å². The minimum atomic E-state index is -0.690. The molecule has 2 aromatic rings. The van der Waals surface area contributed by atoms with Crippen LogP contribution in [0, 0.1) is 11.6 Å². The van der Waals surface area contributed by atoms with Gasteiger partial charge >= 0.3 is 0 Å². The molecule has 0 fully saturated rings. The van der Waals surface area contributed by atoms with E-state index in [1.165, 1.54) is 18.0 Å². The first-order valence-corrected chi connectivity index (χ1v) is 7.90. The second-order valence-corrected chi connectivity index (χ2v) is 5.93. The monoisotopic (exact) mass is 346 g/mol. The summed E-state index contributed by atoms with van der Waals surface area (Å²) in [6.45, 7) is 1.76. The summed E-state index contributed by atoms with van der Waals surface area (Å²) in [5, 5.41) is 2.75. The van der Waals surface area contributed by atoms with Gasteiger partial charge in [-0.05, 0) is 25.1 Å². The molecule has 0 aliphatic heterocycles. The Morgan fingerprint density at radius 1 is 1.12 bits per heavy atom. The van der Waals surface area contributed by atoms with Gasteiger partial charge in [-0.15, -0.1) is 0 Å². The molecule has 132 valence electrons. The summed E-state index contributed by atoms with van der Waals surface area (Å²) in [7, 11) is 1.54. The van der Waals surface area contributed by atoms with Crippen molar-refractivity contribution in [3.05, 3.63) is 71.3 Å². The number of nitrogens with zero attached hydrogens (tertiary/aromatic N) is 1. The van der Waals surface area contributed by atoms with Gasteiger partial charge in [-0.2, -0.15) is 0 Å². The molecule has 0 aromatic heterocycles. The first-order chi connectivity index (χ1) is 11.9. The topological polar surface area (TPSA) is 49.4 Å². The summed E-state index contributed by atoms with van der Waals surface area (Å²) in [6.07, 6.45) is 0.0812. The van der Waals surface area contributed by atoms with Crippen LogP contribution in [-0.4, -0.2) is 29.8 Å². The number of carbonyl (C=O) groups excluding carboxylic acids is 2. The van der Waals surface area contributed by atoms with E-state index in [9.17, 15) is 18.4 Å². The van der Waals surface area contributed by atoms with Crippen LogP contribution in [0.4, 0.5) is 8.78 Å². The van der Waals surface area contributed by atoms with Gasteiger partial charge in [0.2, 0.25) is 5.91 Å². The molecule has 1 atom stereocenters. The van der Waals surface area contributed by atoms with Crippen LogP contribution in [-0.2, 0) is 11.3 Å². The standard InChI is InChI=1S/C19H20F2N2O2/c1-13(22-19(25)14-6-4-3-5-7-14)10-18(24)23(2)12-15-8-9-16(20)11-17(15)21/h3-9,11,13H,10,12H2,1-2H3,(H,22,25). The zero-order valence-corrected chi connectivity index (χ0v) is 14.1. The van der Waals surface area contributed by atoms with Crippen LogP contribution in [0.2, 0.25) is 0 Å². The summed E-state index contributed by atoms with van der Waals surface area (Å²) in [6, 6.07) is 11.6. The minimum absolute atomic E-state index is 0.0320. The molecular formula is C19H20F2N2O2. The summed E-state index contributed by atoms with van der Waals surface area (Å²) in [5.74, 6) is -1.85. The summed E-state index contributed by atoms with van der Waals surface area (Å²) in [4.78, 5) is 25.6. The van der Waals surface area contributed by atoms with Crippen LogP contribution in [0.3, 0.4) is 0 Å². The zero-order valence-electron chi connectivity index (χ0n) is 14.1. The van der Waals surface area contributed by atoms with Gasteiger partial charge in [-0.25, -0.2) is 8.78 Å². The predicted molar refractivity (Wildman–Crippen MR) is 90.8 cm³/mol. The Labute approximate surface area is 145 Å². The van der Waals surface area contributed by atoms with Gasteiger partial charge < -0.3 is 10.2 Å². The Morgan fingerprint density at radius 2 is 1.80 bits per heavy atom. The molecule has 0 spiro atoms. The first kappa shape index (κ1) is 18.6. The SMILES string of the molecule is CC(CC(=O)N(C)Cc1ccc(F)cc1F)NC(=O)c1ccccc1. The lowest BCUT2D eigenvalue weighted by molar-refractivity contribution is -0.130. The van der Waals surface area contributed by atoms with Gasteiger partial charge in [0.25, 0.3) is 5.91 Å². The number of halogens is 2. The Bertz CT molecular complexity index is 750. The number of rotatable bonds is 6. The molecule has 0 aliphatic carbocycles. The van der Waals surface area contributed by atoms with E-state index in [0.717, 1.165) is 12.1 Å². The average molecular weight is 346 g/mol. The second-order valence-electron chi connectivity index (χ2n) is 5.93. The van der Waals surface area contributed by atoms with Gasteiger partial charge in [0, 0.05) is 43.2 Å². The Hall–Kier alpha value is -2.76. The number of benzene rings is 2. The van der Waals surface area contributed by atoms with Crippen molar-refractivity contribution in [1.29, 1.82) is 0 Å². The Kier molecular flexibility index (Phi) is 6.22. The van der Waals surface area contributed by atoms with Crippen molar-refractivity contribution in [3.8, 4) is 0 Å². The van der Waals surface area contributed by atoms with Crippen LogP contribution >= 0.6 is 0 Å². The van der Waals surface area contributed by atoms with E-state index in [1.807, 2.05) is 6.07 Å². The lowest BCUT2D eigenvalue weighted by atomic mass is 10.1. The van der Waals surface area contributed by atoms with Gasteiger partial charge in [-0.1, -0.05) is 24.3 Å². The van der Waals surface area contributed by atoms with Gasteiger partial charge in [0.15, 0.2) is 0 Å². The minimum Gasteiger partial charge on any atom is -0.349 e. The number of hydrogen-bond acceptors (Lipinski definition) is 2. The lowest BCUT2D eigenvalue weighted by Crippen LogP contribution is -2.37. The lowest BCUT2D eigenvalue weighted by Gasteiger charge is -2.20. The molecule has 0 saturated carbocycles. The quantitative estimate of drug-likeness (QED) is 0.874. The fraction of sp³-hybridized carbons (Fsp3) is 0.263.